The summed E-state index contributed by atoms with van der Waals surface area (Å²) in [5, 5.41) is 6.31. The fourth-order valence-electron chi connectivity index (χ4n) is 4.42. The summed E-state index contributed by atoms with van der Waals surface area (Å²) in [6.45, 7) is 12.2. The first-order valence-electron chi connectivity index (χ1n) is 11.2. The maximum absolute atomic E-state index is 12.2. The van der Waals surface area contributed by atoms with Crippen molar-refractivity contribution in [2.24, 2.45) is 0 Å². The van der Waals surface area contributed by atoms with Crippen molar-refractivity contribution in [3.05, 3.63) is 28.4 Å². The fraction of sp³-hybridized carbons (Fsp3) is 0.652. The van der Waals surface area contributed by atoms with Gasteiger partial charge in [0.05, 0.1) is 37.0 Å². The number of nitrogens with zero attached hydrogens (tertiary/aromatic N) is 4. The molecule has 0 amide bonds. The van der Waals surface area contributed by atoms with Gasteiger partial charge in [0.25, 0.3) is 0 Å². The first-order valence-corrected chi connectivity index (χ1v) is 12.0. The number of fused-ring (bicyclic) bond motifs is 1. The van der Waals surface area contributed by atoms with Gasteiger partial charge in [0.1, 0.15) is 5.60 Å². The molecule has 1 aromatic heterocycles. The van der Waals surface area contributed by atoms with E-state index < -0.39 is 5.60 Å². The van der Waals surface area contributed by atoms with Crippen LogP contribution in [0.2, 0.25) is 0 Å². The van der Waals surface area contributed by atoms with Crippen LogP contribution in [0, 0.1) is 0 Å². The lowest BCUT2D eigenvalue weighted by atomic mass is 10.0. The minimum absolute atomic E-state index is 0.145. The number of hydrogen-bond donors (Lipinski definition) is 0. The molecular weight excluding hydrogens is 460 g/mol. The number of rotatable bonds is 5. The highest BCUT2D eigenvalue weighted by Crippen LogP contribution is 2.30. The van der Waals surface area contributed by atoms with Crippen LogP contribution in [0.25, 0.3) is 10.9 Å². The van der Waals surface area contributed by atoms with E-state index in [4.69, 9.17) is 14.6 Å². The zero-order valence-corrected chi connectivity index (χ0v) is 20.4. The van der Waals surface area contributed by atoms with E-state index in [0.29, 0.717) is 12.6 Å². The molecule has 2 aromatic rings. The summed E-state index contributed by atoms with van der Waals surface area (Å²) in [6, 6.07) is 6.79. The average molecular weight is 493 g/mol. The normalized spacial score (nSPS) is 19.7. The predicted octanol–water partition coefficient (Wildman–Crippen LogP) is 3.61. The van der Waals surface area contributed by atoms with E-state index in [-0.39, 0.29) is 5.97 Å². The molecule has 170 valence electrons. The van der Waals surface area contributed by atoms with Crippen molar-refractivity contribution in [1.29, 1.82) is 0 Å². The maximum atomic E-state index is 12.2. The van der Waals surface area contributed by atoms with Crippen molar-refractivity contribution < 1.29 is 14.3 Å². The third kappa shape index (κ3) is 5.86. The van der Waals surface area contributed by atoms with Crippen LogP contribution >= 0.6 is 15.9 Å². The monoisotopic (exact) mass is 492 g/mol. The Morgan fingerprint density at radius 1 is 1.16 bits per heavy atom. The molecule has 2 saturated heterocycles. The molecule has 4 rings (SSSR count). The van der Waals surface area contributed by atoms with Gasteiger partial charge in [-0.1, -0.05) is 15.9 Å². The Labute approximate surface area is 192 Å². The van der Waals surface area contributed by atoms with Gasteiger partial charge < -0.3 is 9.47 Å². The van der Waals surface area contributed by atoms with Gasteiger partial charge in [-0.3, -0.25) is 19.3 Å². The summed E-state index contributed by atoms with van der Waals surface area (Å²) >= 11 is 3.63. The molecule has 0 spiro atoms. The lowest BCUT2D eigenvalue weighted by Crippen LogP contribution is -2.40. The standard InChI is InChI=1S/C23H33BrN4O3/c1-23(2,3)31-22(29)16-26-8-6-18(7-9-26)28-21-5-4-17(24)14-19(21)20(25-28)15-27-10-12-30-13-11-27/h4-5,14,18H,6-13,15-16H2,1-3H3. The molecule has 2 fully saturated rings. The van der Waals surface area contributed by atoms with Crippen molar-refractivity contribution in [2.45, 2.75) is 51.8 Å². The molecule has 0 unspecified atom stereocenters. The number of morpholine rings is 1. The Morgan fingerprint density at radius 3 is 2.55 bits per heavy atom. The van der Waals surface area contributed by atoms with Gasteiger partial charge in [-0.15, -0.1) is 0 Å². The zero-order valence-electron chi connectivity index (χ0n) is 18.8. The molecule has 8 heteroatoms. The Kier molecular flexibility index (Phi) is 7.01. The molecule has 0 aliphatic carbocycles. The second kappa shape index (κ2) is 9.57. The highest BCUT2D eigenvalue weighted by molar-refractivity contribution is 9.10. The molecular formula is C23H33BrN4O3. The first kappa shape index (κ1) is 22.7. The lowest BCUT2D eigenvalue weighted by Gasteiger charge is -2.32. The topological polar surface area (TPSA) is 59.8 Å². The lowest BCUT2D eigenvalue weighted by molar-refractivity contribution is -0.156. The highest BCUT2D eigenvalue weighted by atomic mass is 79.9. The predicted molar refractivity (Wildman–Crippen MR) is 124 cm³/mol. The molecule has 0 saturated carbocycles. The Hall–Kier alpha value is -1.48. The van der Waals surface area contributed by atoms with E-state index in [1.165, 1.54) is 10.9 Å². The molecule has 0 bridgehead atoms. The average Bonchev–Trinajstić information content (AvgIpc) is 3.05. The number of carbonyl (C=O) groups is 1. The van der Waals surface area contributed by atoms with Crippen molar-refractivity contribution >= 4 is 32.8 Å². The molecule has 2 aliphatic rings. The zero-order chi connectivity index (χ0) is 22.0. The Morgan fingerprint density at radius 2 is 1.87 bits per heavy atom. The molecule has 31 heavy (non-hydrogen) atoms. The molecule has 0 N–H and O–H groups in total. The van der Waals surface area contributed by atoms with E-state index in [1.807, 2.05) is 20.8 Å². The number of benzene rings is 1. The number of likely N-dealkylation sites (tertiary alicyclic amines) is 1. The number of hydrogen-bond acceptors (Lipinski definition) is 6. The van der Waals surface area contributed by atoms with Crippen molar-refractivity contribution in [2.75, 3.05) is 45.9 Å². The maximum Gasteiger partial charge on any atom is 0.320 e. The fourth-order valence-corrected chi connectivity index (χ4v) is 4.78. The summed E-state index contributed by atoms with van der Waals surface area (Å²) in [7, 11) is 0. The van der Waals surface area contributed by atoms with Crippen LogP contribution in [-0.4, -0.2) is 77.1 Å². The number of esters is 1. The molecule has 7 nitrogen and oxygen atoms in total. The van der Waals surface area contributed by atoms with Gasteiger partial charge in [0.15, 0.2) is 0 Å². The van der Waals surface area contributed by atoms with Crippen LogP contribution in [0.3, 0.4) is 0 Å². The molecule has 3 heterocycles. The molecule has 2 aliphatic heterocycles. The van der Waals surface area contributed by atoms with Crippen LogP contribution in [0.5, 0.6) is 0 Å². The van der Waals surface area contributed by atoms with Crippen molar-refractivity contribution in [1.82, 2.24) is 19.6 Å². The number of ether oxygens (including phenoxy) is 2. The molecule has 0 atom stereocenters. The third-order valence-corrected chi connectivity index (χ3v) is 6.39. The molecule has 0 radical (unpaired) electrons. The van der Waals surface area contributed by atoms with Gasteiger partial charge >= 0.3 is 5.97 Å². The smallest absolute Gasteiger partial charge is 0.320 e. The van der Waals surface area contributed by atoms with Gasteiger partial charge in [-0.05, 0) is 51.8 Å². The van der Waals surface area contributed by atoms with Gasteiger partial charge in [-0.25, -0.2) is 0 Å². The largest absolute Gasteiger partial charge is 0.459 e. The SMILES string of the molecule is CC(C)(C)OC(=O)CN1CCC(n2nc(CN3CCOCC3)c3cc(Br)ccc32)CC1. The Balaban J connectivity index is 1.45. The van der Waals surface area contributed by atoms with Gasteiger partial charge in [0.2, 0.25) is 0 Å². The third-order valence-electron chi connectivity index (χ3n) is 5.90. The van der Waals surface area contributed by atoms with Crippen LogP contribution in [0.4, 0.5) is 0 Å². The van der Waals surface area contributed by atoms with Crippen LogP contribution in [-0.2, 0) is 20.8 Å². The van der Waals surface area contributed by atoms with E-state index >= 15 is 0 Å². The summed E-state index contributed by atoms with van der Waals surface area (Å²) in [4.78, 5) is 16.8. The minimum atomic E-state index is -0.436. The second-order valence-corrected chi connectivity index (χ2v) is 10.5. The van der Waals surface area contributed by atoms with E-state index in [0.717, 1.165) is 68.9 Å². The van der Waals surface area contributed by atoms with E-state index in [2.05, 4.69) is 48.6 Å². The highest BCUT2D eigenvalue weighted by Gasteiger charge is 2.27. The first-order chi connectivity index (χ1) is 14.8. The quantitative estimate of drug-likeness (QED) is 0.594. The van der Waals surface area contributed by atoms with Gasteiger partial charge in [0, 0.05) is 42.6 Å². The summed E-state index contributed by atoms with van der Waals surface area (Å²) in [6.07, 6.45) is 1.96. The summed E-state index contributed by atoms with van der Waals surface area (Å²) in [5.74, 6) is -0.145. The van der Waals surface area contributed by atoms with E-state index in [1.54, 1.807) is 0 Å². The number of halogens is 1. The summed E-state index contributed by atoms with van der Waals surface area (Å²) < 4.78 is 14.3. The van der Waals surface area contributed by atoms with Crippen LogP contribution < -0.4 is 0 Å². The summed E-state index contributed by atoms with van der Waals surface area (Å²) in [5.41, 5.74) is 1.89. The van der Waals surface area contributed by atoms with Crippen LogP contribution in [0.1, 0.15) is 45.3 Å². The van der Waals surface area contributed by atoms with Gasteiger partial charge in [-0.2, -0.15) is 5.10 Å². The number of piperidine rings is 1. The number of carbonyl (C=O) groups excluding carboxylic acids is 1. The van der Waals surface area contributed by atoms with Crippen LogP contribution in [0.15, 0.2) is 22.7 Å². The Bertz CT molecular complexity index is 909. The second-order valence-electron chi connectivity index (χ2n) is 9.54. The minimum Gasteiger partial charge on any atom is -0.459 e. The molecule has 1 aromatic carbocycles. The van der Waals surface area contributed by atoms with Crippen molar-refractivity contribution in [3.63, 3.8) is 0 Å². The number of aromatic nitrogens is 2. The van der Waals surface area contributed by atoms with Crippen molar-refractivity contribution in [3.8, 4) is 0 Å². The van der Waals surface area contributed by atoms with E-state index in [9.17, 15) is 4.79 Å².